The molecule has 2 nitrogen and oxygen atoms in total. The largest absolute Gasteiger partial charge is 0.367 e. The van der Waals surface area contributed by atoms with E-state index in [4.69, 9.17) is 17.3 Å². The van der Waals surface area contributed by atoms with Gasteiger partial charge in [0.1, 0.15) is 0 Å². The predicted molar refractivity (Wildman–Crippen MR) is 85.1 cm³/mol. The molecule has 0 radical (unpaired) electrons. The maximum Gasteiger partial charge on any atom is 0.0522 e. The lowest BCUT2D eigenvalue weighted by Gasteiger charge is -2.23. The normalized spacial score (nSPS) is 12.4. The van der Waals surface area contributed by atoms with E-state index in [-0.39, 0.29) is 6.04 Å². The van der Waals surface area contributed by atoms with Crippen molar-refractivity contribution in [3.05, 3.63) is 51.2 Å². The van der Waals surface area contributed by atoms with Crippen molar-refractivity contribution in [3.63, 3.8) is 0 Å². The third-order valence-corrected chi connectivity index (χ3v) is 4.34. The second kappa shape index (κ2) is 6.42. The highest BCUT2D eigenvalue weighted by molar-refractivity contribution is 7.09. The monoisotopic (exact) mass is 294 g/mol. The maximum absolute atomic E-state index is 6.30. The third-order valence-electron chi connectivity index (χ3n) is 3.15. The van der Waals surface area contributed by atoms with Crippen LogP contribution in [0.1, 0.15) is 30.3 Å². The molecule has 0 aliphatic heterocycles. The molecule has 0 aliphatic rings. The number of nitrogens with two attached hydrogens (primary N) is 1. The van der Waals surface area contributed by atoms with Crippen LogP contribution in [-0.4, -0.2) is 6.54 Å². The van der Waals surface area contributed by atoms with Crippen LogP contribution in [0.2, 0.25) is 5.02 Å². The summed E-state index contributed by atoms with van der Waals surface area (Å²) in [5.74, 6) is 0. The lowest BCUT2D eigenvalue weighted by molar-refractivity contribution is 0.813. The standard InChI is InChI=1S/C15H19ClN2S/c1-3-18(10-13-5-4-8-19-13)12-6-7-14(11(2)17)15(16)9-12/h4-9,11H,3,10,17H2,1-2H3. The molecule has 1 heterocycles. The molecular formula is C15H19ClN2S. The van der Waals surface area contributed by atoms with Crippen molar-refractivity contribution in [2.75, 3.05) is 11.4 Å². The number of benzene rings is 1. The van der Waals surface area contributed by atoms with E-state index in [0.29, 0.717) is 0 Å². The lowest BCUT2D eigenvalue weighted by atomic mass is 10.1. The van der Waals surface area contributed by atoms with Crippen molar-refractivity contribution in [2.45, 2.75) is 26.4 Å². The van der Waals surface area contributed by atoms with Crippen LogP contribution in [0.3, 0.4) is 0 Å². The van der Waals surface area contributed by atoms with E-state index in [1.54, 1.807) is 11.3 Å². The highest BCUT2D eigenvalue weighted by atomic mass is 35.5. The lowest BCUT2D eigenvalue weighted by Crippen LogP contribution is -2.21. The minimum absolute atomic E-state index is 0.0334. The first-order valence-electron chi connectivity index (χ1n) is 6.44. The van der Waals surface area contributed by atoms with Gasteiger partial charge in [-0.2, -0.15) is 0 Å². The topological polar surface area (TPSA) is 29.3 Å². The van der Waals surface area contributed by atoms with Gasteiger partial charge in [0.15, 0.2) is 0 Å². The Bertz CT molecular complexity index is 523. The Morgan fingerprint density at radius 3 is 2.68 bits per heavy atom. The number of hydrogen-bond donors (Lipinski definition) is 1. The summed E-state index contributed by atoms with van der Waals surface area (Å²) >= 11 is 8.08. The second-order valence-electron chi connectivity index (χ2n) is 4.59. The van der Waals surface area contributed by atoms with Gasteiger partial charge < -0.3 is 10.6 Å². The Kier molecular flexibility index (Phi) is 4.86. The Morgan fingerprint density at radius 2 is 2.16 bits per heavy atom. The highest BCUT2D eigenvalue weighted by Crippen LogP contribution is 2.28. The number of rotatable bonds is 5. The maximum atomic E-state index is 6.30. The van der Waals surface area contributed by atoms with E-state index >= 15 is 0 Å². The van der Waals surface area contributed by atoms with Crippen molar-refractivity contribution >= 4 is 28.6 Å². The molecule has 0 saturated heterocycles. The van der Waals surface area contributed by atoms with Gasteiger partial charge in [0.2, 0.25) is 0 Å². The average Bonchev–Trinajstić information content (AvgIpc) is 2.88. The molecule has 19 heavy (non-hydrogen) atoms. The Labute approximate surface area is 123 Å². The van der Waals surface area contributed by atoms with Gasteiger partial charge in [-0.25, -0.2) is 0 Å². The minimum atomic E-state index is -0.0334. The van der Waals surface area contributed by atoms with Crippen LogP contribution in [0.4, 0.5) is 5.69 Å². The first kappa shape index (κ1) is 14.4. The number of halogens is 1. The molecule has 1 atom stereocenters. The van der Waals surface area contributed by atoms with E-state index in [0.717, 1.165) is 29.4 Å². The van der Waals surface area contributed by atoms with E-state index in [1.807, 2.05) is 19.1 Å². The summed E-state index contributed by atoms with van der Waals surface area (Å²) < 4.78 is 0. The fourth-order valence-electron chi connectivity index (χ4n) is 2.06. The molecule has 0 aliphatic carbocycles. The quantitative estimate of drug-likeness (QED) is 0.883. The summed E-state index contributed by atoms with van der Waals surface area (Å²) in [4.78, 5) is 3.66. The van der Waals surface area contributed by atoms with Gasteiger partial charge in [-0.05, 0) is 43.0 Å². The van der Waals surface area contributed by atoms with Crippen molar-refractivity contribution in [1.82, 2.24) is 0 Å². The summed E-state index contributed by atoms with van der Waals surface area (Å²) in [5, 5.41) is 2.85. The summed E-state index contributed by atoms with van der Waals surface area (Å²) in [7, 11) is 0. The van der Waals surface area contributed by atoms with Crippen molar-refractivity contribution in [3.8, 4) is 0 Å². The zero-order valence-corrected chi connectivity index (χ0v) is 12.8. The van der Waals surface area contributed by atoms with Gasteiger partial charge in [0.25, 0.3) is 0 Å². The van der Waals surface area contributed by atoms with Gasteiger partial charge in [0.05, 0.1) is 6.54 Å². The van der Waals surface area contributed by atoms with Crippen LogP contribution < -0.4 is 10.6 Å². The minimum Gasteiger partial charge on any atom is -0.367 e. The van der Waals surface area contributed by atoms with Gasteiger partial charge >= 0.3 is 0 Å². The van der Waals surface area contributed by atoms with Gasteiger partial charge in [-0.1, -0.05) is 23.7 Å². The number of nitrogens with zero attached hydrogens (tertiary/aromatic N) is 1. The summed E-state index contributed by atoms with van der Waals surface area (Å²) in [6, 6.07) is 10.3. The molecule has 4 heteroatoms. The molecule has 2 N–H and O–H groups in total. The van der Waals surface area contributed by atoms with E-state index in [1.165, 1.54) is 4.88 Å². The van der Waals surface area contributed by atoms with Crippen molar-refractivity contribution in [1.29, 1.82) is 0 Å². The molecule has 2 aromatic rings. The zero-order valence-electron chi connectivity index (χ0n) is 11.3. The van der Waals surface area contributed by atoms with E-state index in [2.05, 4.69) is 35.4 Å². The first-order chi connectivity index (χ1) is 9.11. The Hall–Kier alpha value is -1.03. The number of anilines is 1. The molecule has 1 unspecified atom stereocenters. The van der Waals surface area contributed by atoms with Crippen LogP contribution in [0.25, 0.3) is 0 Å². The molecule has 0 amide bonds. The fraction of sp³-hybridized carbons (Fsp3) is 0.333. The molecule has 0 spiro atoms. The average molecular weight is 295 g/mol. The second-order valence-corrected chi connectivity index (χ2v) is 6.03. The van der Waals surface area contributed by atoms with Crippen LogP contribution in [0, 0.1) is 0 Å². The van der Waals surface area contributed by atoms with Crippen LogP contribution >= 0.6 is 22.9 Å². The van der Waals surface area contributed by atoms with Gasteiger partial charge in [-0.3, -0.25) is 0 Å². The predicted octanol–water partition coefficient (Wildman–Crippen LogP) is 4.45. The molecule has 1 aromatic carbocycles. The highest BCUT2D eigenvalue weighted by Gasteiger charge is 2.10. The summed E-state index contributed by atoms with van der Waals surface area (Å²) in [6.45, 7) is 5.97. The van der Waals surface area contributed by atoms with E-state index in [9.17, 15) is 0 Å². The number of hydrogen-bond acceptors (Lipinski definition) is 3. The first-order valence-corrected chi connectivity index (χ1v) is 7.70. The van der Waals surface area contributed by atoms with Gasteiger partial charge in [0, 0.05) is 28.2 Å². The van der Waals surface area contributed by atoms with Gasteiger partial charge in [-0.15, -0.1) is 11.3 Å². The third kappa shape index (κ3) is 3.50. The molecule has 1 aromatic heterocycles. The van der Waals surface area contributed by atoms with Crippen LogP contribution in [-0.2, 0) is 6.54 Å². The smallest absolute Gasteiger partial charge is 0.0522 e. The van der Waals surface area contributed by atoms with Crippen LogP contribution in [0.5, 0.6) is 0 Å². The van der Waals surface area contributed by atoms with Crippen LogP contribution in [0.15, 0.2) is 35.7 Å². The summed E-state index contributed by atoms with van der Waals surface area (Å²) in [5.41, 5.74) is 8.03. The SMILES string of the molecule is CCN(Cc1cccs1)c1ccc(C(C)N)c(Cl)c1. The molecular weight excluding hydrogens is 276 g/mol. The fourth-order valence-corrected chi connectivity index (χ4v) is 3.12. The Balaban J connectivity index is 2.21. The molecule has 2 rings (SSSR count). The summed E-state index contributed by atoms with van der Waals surface area (Å²) in [6.07, 6.45) is 0. The molecule has 0 saturated carbocycles. The van der Waals surface area contributed by atoms with Crippen molar-refractivity contribution < 1.29 is 0 Å². The molecule has 0 fully saturated rings. The Morgan fingerprint density at radius 1 is 1.37 bits per heavy atom. The van der Waals surface area contributed by atoms with E-state index < -0.39 is 0 Å². The zero-order chi connectivity index (χ0) is 13.8. The molecule has 102 valence electrons. The number of thiophene rings is 1. The molecule has 0 bridgehead atoms. The van der Waals surface area contributed by atoms with Crippen molar-refractivity contribution in [2.24, 2.45) is 5.73 Å².